The van der Waals surface area contributed by atoms with Crippen molar-refractivity contribution in [1.29, 1.82) is 0 Å². The van der Waals surface area contributed by atoms with Crippen molar-refractivity contribution in [2.45, 2.75) is 13.0 Å². The summed E-state index contributed by atoms with van der Waals surface area (Å²) >= 11 is 6.04. The summed E-state index contributed by atoms with van der Waals surface area (Å²) in [6.45, 7) is 2.45. The molecule has 0 spiro atoms. The largest absolute Gasteiger partial charge is 0.361 e. The fourth-order valence-electron chi connectivity index (χ4n) is 3.37. The number of hydrogen-bond donors (Lipinski definition) is 1. The molecule has 1 N–H and O–H groups in total. The molecule has 0 aliphatic carbocycles. The van der Waals surface area contributed by atoms with Crippen LogP contribution in [0.4, 0.5) is 5.69 Å². The van der Waals surface area contributed by atoms with Crippen LogP contribution in [0.3, 0.4) is 0 Å². The molecule has 0 bridgehead atoms. The average molecular weight is 368 g/mol. The molecule has 1 aliphatic heterocycles. The van der Waals surface area contributed by atoms with Crippen molar-refractivity contribution >= 4 is 40.0 Å². The summed E-state index contributed by atoms with van der Waals surface area (Å²) in [5, 5.41) is 1.56. The Morgan fingerprint density at radius 2 is 2.04 bits per heavy atom. The number of piperazine rings is 1. The first kappa shape index (κ1) is 16.7. The summed E-state index contributed by atoms with van der Waals surface area (Å²) in [5.74, 6) is -0.235. The zero-order valence-corrected chi connectivity index (χ0v) is 15.0. The quantitative estimate of drug-likeness (QED) is 0.750. The lowest BCUT2D eigenvalue weighted by atomic mass is 10.1. The number of nitrogens with zero attached hydrogens (tertiary/aromatic N) is 2. The zero-order chi connectivity index (χ0) is 18.3. The van der Waals surface area contributed by atoms with Gasteiger partial charge in [0.2, 0.25) is 5.91 Å². The number of rotatable bonds is 2. The summed E-state index contributed by atoms with van der Waals surface area (Å²) in [7, 11) is 0. The molecule has 132 valence electrons. The minimum atomic E-state index is -0.125. The molecule has 5 nitrogen and oxygen atoms in total. The molecular formula is C20H18ClN3O2. The Hall–Kier alpha value is -2.79. The molecule has 1 aromatic heterocycles. The van der Waals surface area contributed by atoms with Crippen LogP contribution in [0.25, 0.3) is 10.9 Å². The number of aromatic nitrogens is 1. The summed E-state index contributed by atoms with van der Waals surface area (Å²) < 4.78 is 0. The third-order valence-corrected chi connectivity index (χ3v) is 5.00. The number of hydrogen-bond acceptors (Lipinski definition) is 2. The van der Waals surface area contributed by atoms with E-state index in [9.17, 15) is 9.59 Å². The van der Waals surface area contributed by atoms with Crippen LogP contribution < -0.4 is 4.90 Å². The molecule has 1 fully saturated rings. The molecule has 1 aliphatic rings. The van der Waals surface area contributed by atoms with Crippen LogP contribution in [0.1, 0.15) is 17.3 Å². The van der Waals surface area contributed by atoms with E-state index in [2.05, 4.69) is 4.98 Å². The Balaban J connectivity index is 1.57. The van der Waals surface area contributed by atoms with Gasteiger partial charge >= 0.3 is 0 Å². The second-order valence-electron chi connectivity index (χ2n) is 6.55. The van der Waals surface area contributed by atoms with Crippen LogP contribution in [0, 0.1) is 0 Å². The SMILES string of the molecule is CC1CN(c2cccc(Cl)c2)C(=O)CN1C(=O)c1ccc2[nH]ccc2c1. The van der Waals surface area contributed by atoms with Crippen LogP contribution in [-0.4, -0.2) is 40.8 Å². The van der Waals surface area contributed by atoms with Gasteiger partial charge in [-0.25, -0.2) is 0 Å². The highest BCUT2D eigenvalue weighted by Crippen LogP contribution is 2.25. The maximum Gasteiger partial charge on any atom is 0.254 e. The Morgan fingerprint density at radius 3 is 2.85 bits per heavy atom. The highest BCUT2D eigenvalue weighted by Gasteiger charge is 2.33. The molecular weight excluding hydrogens is 350 g/mol. The lowest BCUT2D eigenvalue weighted by Crippen LogP contribution is -2.57. The number of halogens is 1. The molecule has 2 aromatic carbocycles. The first-order valence-electron chi connectivity index (χ1n) is 8.47. The first-order chi connectivity index (χ1) is 12.5. The van der Waals surface area contributed by atoms with Crippen molar-refractivity contribution in [2.75, 3.05) is 18.0 Å². The van der Waals surface area contributed by atoms with Gasteiger partial charge in [-0.15, -0.1) is 0 Å². The average Bonchev–Trinajstić information content (AvgIpc) is 3.10. The number of nitrogens with one attached hydrogen (secondary N) is 1. The van der Waals surface area contributed by atoms with E-state index in [0.717, 1.165) is 16.6 Å². The maximum atomic E-state index is 12.9. The van der Waals surface area contributed by atoms with Crippen LogP contribution >= 0.6 is 11.6 Å². The van der Waals surface area contributed by atoms with Crippen molar-refractivity contribution in [3.8, 4) is 0 Å². The van der Waals surface area contributed by atoms with Crippen molar-refractivity contribution in [3.05, 3.63) is 65.3 Å². The van der Waals surface area contributed by atoms with Gasteiger partial charge in [0.15, 0.2) is 0 Å². The van der Waals surface area contributed by atoms with Crippen LogP contribution in [0.5, 0.6) is 0 Å². The monoisotopic (exact) mass is 367 g/mol. The third kappa shape index (κ3) is 2.95. The number of anilines is 1. The minimum Gasteiger partial charge on any atom is -0.361 e. The summed E-state index contributed by atoms with van der Waals surface area (Å²) in [6.07, 6.45) is 1.84. The number of fused-ring (bicyclic) bond motifs is 1. The van der Waals surface area contributed by atoms with E-state index in [1.165, 1.54) is 0 Å². The lowest BCUT2D eigenvalue weighted by Gasteiger charge is -2.39. The number of amides is 2. The molecule has 1 unspecified atom stereocenters. The number of carbonyl (C=O) groups excluding carboxylic acids is 2. The predicted octanol–water partition coefficient (Wildman–Crippen LogP) is 3.70. The van der Waals surface area contributed by atoms with Crippen molar-refractivity contribution in [2.24, 2.45) is 0 Å². The van der Waals surface area contributed by atoms with Gasteiger partial charge in [-0.2, -0.15) is 0 Å². The Bertz CT molecular complexity index is 997. The van der Waals surface area contributed by atoms with Gasteiger partial charge in [-0.1, -0.05) is 17.7 Å². The molecule has 2 amide bonds. The lowest BCUT2D eigenvalue weighted by molar-refractivity contribution is -0.121. The smallest absolute Gasteiger partial charge is 0.254 e. The first-order valence-corrected chi connectivity index (χ1v) is 8.85. The highest BCUT2D eigenvalue weighted by molar-refractivity contribution is 6.31. The number of aromatic amines is 1. The van der Waals surface area contributed by atoms with Gasteiger partial charge in [0.1, 0.15) is 6.54 Å². The Kier molecular flexibility index (Phi) is 4.17. The van der Waals surface area contributed by atoms with Gasteiger partial charge in [0.25, 0.3) is 5.91 Å². The second kappa shape index (κ2) is 6.50. The molecule has 26 heavy (non-hydrogen) atoms. The number of carbonyl (C=O) groups is 2. The maximum absolute atomic E-state index is 12.9. The van der Waals surface area contributed by atoms with Crippen molar-refractivity contribution in [1.82, 2.24) is 9.88 Å². The molecule has 6 heteroatoms. The number of H-pyrrole nitrogens is 1. The van der Waals surface area contributed by atoms with Crippen LogP contribution in [-0.2, 0) is 4.79 Å². The van der Waals surface area contributed by atoms with E-state index < -0.39 is 0 Å². The topological polar surface area (TPSA) is 56.4 Å². The molecule has 0 radical (unpaired) electrons. The van der Waals surface area contributed by atoms with Crippen molar-refractivity contribution in [3.63, 3.8) is 0 Å². The van der Waals surface area contributed by atoms with Gasteiger partial charge in [-0.05, 0) is 49.4 Å². The van der Waals surface area contributed by atoms with E-state index in [1.54, 1.807) is 28.0 Å². The molecule has 1 atom stereocenters. The van der Waals surface area contributed by atoms with E-state index in [4.69, 9.17) is 11.6 Å². The van der Waals surface area contributed by atoms with E-state index in [0.29, 0.717) is 17.1 Å². The van der Waals surface area contributed by atoms with E-state index >= 15 is 0 Å². The van der Waals surface area contributed by atoms with E-state index in [-0.39, 0.29) is 24.4 Å². The summed E-state index contributed by atoms with van der Waals surface area (Å²) in [5.41, 5.74) is 2.33. The minimum absolute atomic E-state index is 0.0533. The van der Waals surface area contributed by atoms with Gasteiger partial charge in [0, 0.05) is 46.0 Å². The number of benzene rings is 2. The molecule has 4 rings (SSSR count). The predicted molar refractivity (Wildman–Crippen MR) is 103 cm³/mol. The summed E-state index contributed by atoms with van der Waals surface area (Å²) in [4.78, 5) is 32.0. The van der Waals surface area contributed by atoms with Crippen LogP contribution in [0.15, 0.2) is 54.7 Å². The second-order valence-corrected chi connectivity index (χ2v) is 6.98. The van der Waals surface area contributed by atoms with Gasteiger partial charge in [0.05, 0.1) is 0 Å². The normalized spacial score (nSPS) is 17.8. The fraction of sp³-hybridized carbons (Fsp3) is 0.200. The third-order valence-electron chi connectivity index (χ3n) is 4.77. The summed E-state index contributed by atoms with van der Waals surface area (Å²) in [6, 6.07) is 14.6. The Morgan fingerprint density at radius 1 is 1.19 bits per heavy atom. The fourth-order valence-corrected chi connectivity index (χ4v) is 3.55. The standard InChI is InChI=1S/C20H18ClN3O2/c1-13-11-24(17-4-2-3-16(21)10-17)19(25)12-23(13)20(26)15-5-6-18-14(9-15)7-8-22-18/h2-10,13,22H,11-12H2,1H3. The highest BCUT2D eigenvalue weighted by atomic mass is 35.5. The van der Waals surface area contributed by atoms with Crippen LogP contribution in [0.2, 0.25) is 5.02 Å². The van der Waals surface area contributed by atoms with Gasteiger partial charge in [-0.3, -0.25) is 9.59 Å². The molecule has 3 aromatic rings. The Labute approximate surface area is 156 Å². The van der Waals surface area contributed by atoms with Gasteiger partial charge < -0.3 is 14.8 Å². The molecule has 1 saturated heterocycles. The van der Waals surface area contributed by atoms with Crippen molar-refractivity contribution < 1.29 is 9.59 Å². The van der Waals surface area contributed by atoms with E-state index in [1.807, 2.05) is 43.5 Å². The zero-order valence-electron chi connectivity index (χ0n) is 14.3. The molecule has 0 saturated carbocycles. The molecule has 2 heterocycles.